The van der Waals surface area contributed by atoms with Crippen molar-refractivity contribution < 1.29 is 38.1 Å². The molecule has 0 aliphatic heterocycles. The molecular weight excluding hydrogens is 552 g/mol. The molecule has 0 fully saturated rings. The second-order valence-electron chi connectivity index (χ2n) is 8.66. The molecule has 0 saturated heterocycles. The van der Waals surface area contributed by atoms with Crippen LogP contribution in [0.4, 0.5) is 0 Å². The SMILES string of the molecule is CCOC(=O)c1sc2sc(C(=O)OCC)c(COc3ccc(C(C)=O)cc3)c2c1COc1ccc(C(C)=O)cc1. The monoisotopic (exact) mass is 580 g/mol. The Morgan fingerprint density at radius 1 is 0.625 bits per heavy atom. The first-order valence-corrected chi connectivity index (χ1v) is 14.3. The van der Waals surface area contributed by atoms with Crippen LogP contribution in [0.15, 0.2) is 48.5 Å². The summed E-state index contributed by atoms with van der Waals surface area (Å²) < 4.78 is 23.4. The third-order valence-electron chi connectivity index (χ3n) is 5.96. The Morgan fingerprint density at radius 3 is 1.32 bits per heavy atom. The van der Waals surface area contributed by atoms with Crippen molar-refractivity contribution >= 4 is 55.6 Å². The van der Waals surface area contributed by atoms with Gasteiger partial charge >= 0.3 is 11.9 Å². The fraction of sp³-hybridized carbons (Fsp3) is 0.267. The van der Waals surface area contributed by atoms with E-state index in [-0.39, 0.29) is 38.0 Å². The summed E-state index contributed by atoms with van der Waals surface area (Å²) in [7, 11) is 0. The van der Waals surface area contributed by atoms with E-state index in [1.807, 2.05) is 0 Å². The van der Waals surface area contributed by atoms with Crippen molar-refractivity contribution in [2.45, 2.75) is 40.9 Å². The second-order valence-corrected chi connectivity index (χ2v) is 11.0. The van der Waals surface area contributed by atoms with Gasteiger partial charge in [-0.1, -0.05) is 0 Å². The number of fused-ring (bicyclic) bond motifs is 1. The third kappa shape index (κ3) is 6.40. The second kappa shape index (κ2) is 12.9. The lowest BCUT2D eigenvalue weighted by molar-refractivity contribution is 0.0520. The van der Waals surface area contributed by atoms with Crippen molar-refractivity contribution in [2.24, 2.45) is 0 Å². The Balaban J connectivity index is 1.74. The molecule has 0 unspecified atom stereocenters. The van der Waals surface area contributed by atoms with E-state index in [9.17, 15) is 19.2 Å². The van der Waals surface area contributed by atoms with Crippen LogP contribution in [-0.4, -0.2) is 36.7 Å². The van der Waals surface area contributed by atoms with Crippen LogP contribution in [0.25, 0.3) is 9.40 Å². The standard InChI is InChI=1S/C30H28O8S2/c1-5-35-28(33)26-23(15-37-21-11-7-19(8-12-21)17(3)31)25-24(27(29(34)36-6-2)40-30(25)39-26)16-38-22-13-9-20(10-14-22)18(4)32/h7-14H,5-6,15-16H2,1-4H3. The lowest BCUT2D eigenvalue weighted by Crippen LogP contribution is -2.10. The Hall–Kier alpha value is -4.02. The van der Waals surface area contributed by atoms with E-state index in [0.717, 1.165) is 4.01 Å². The molecule has 40 heavy (non-hydrogen) atoms. The van der Waals surface area contributed by atoms with Crippen LogP contribution < -0.4 is 9.47 Å². The molecule has 2 heterocycles. The van der Waals surface area contributed by atoms with Gasteiger partial charge in [-0.05, 0) is 76.2 Å². The lowest BCUT2D eigenvalue weighted by Gasteiger charge is -2.11. The number of Topliss-reactive ketones (excluding diaryl/α,β-unsaturated/α-hetero) is 2. The van der Waals surface area contributed by atoms with Gasteiger partial charge in [0.25, 0.3) is 0 Å². The van der Waals surface area contributed by atoms with Crippen molar-refractivity contribution in [1.82, 2.24) is 0 Å². The number of thiophene rings is 2. The molecule has 0 atom stereocenters. The molecule has 2 aromatic heterocycles. The molecule has 0 aliphatic rings. The molecule has 0 bridgehead atoms. The fourth-order valence-electron chi connectivity index (χ4n) is 3.97. The Labute approximate surface area is 239 Å². The number of benzene rings is 2. The first-order valence-electron chi connectivity index (χ1n) is 12.6. The Bertz CT molecular complexity index is 1430. The predicted molar refractivity (Wildman–Crippen MR) is 153 cm³/mol. The van der Waals surface area contributed by atoms with E-state index >= 15 is 0 Å². The Morgan fingerprint density at radius 2 is 1.00 bits per heavy atom. The number of ketones is 2. The number of carbonyl (C=O) groups is 4. The maximum absolute atomic E-state index is 12.9. The lowest BCUT2D eigenvalue weighted by atomic mass is 10.1. The molecule has 208 valence electrons. The minimum atomic E-state index is -0.481. The van der Waals surface area contributed by atoms with Gasteiger partial charge in [0.15, 0.2) is 11.6 Å². The Kier molecular flexibility index (Phi) is 9.34. The molecule has 10 heteroatoms. The normalized spacial score (nSPS) is 10.8. The molecule has 0 aliphatic carbocycles. The average molecular weight is 581 g/mol. The van der Waals surface area contributed by atoms with E-state index in [1.165, 1.54) is 36.5 Å². The van der Waals surface area contributed by atoms with Gasteiger partial charge in [-0.15, -0.1) is 22.7 Å². The first-order chi connectivity index (χ1) is 19.2. The van der Waals surface area contributed by atoms with Crippen molar-refractivity contribution in [1.29, 1.82) is 0 Å². The fourth-order valence-corrected chi connectivity index (χ4v) is 6.56. The van der Waals surface area contributed by atoms with Gasteiger partial charge in [0.2, 0.25) is 0 Å². The highest BCUT2D eigenvalue weighted by Gasteiger charge is 2.29. The highest BCUT2D eigenvalue weighted by molar-refractivity contribution is 7.40. The van der Waals surface area contributed by atoms with Gasteiger partial charge in [-0.25, -0.2) is 9.59 Å². The zero-order chi connectivity index (χ0) is 28.8. The minimum absolute atomic E-state index is 0.0207. The van der Waals surface area contributed by atoms with Crippen LogP contribution in [0.1, 0.15) is 78.9 Å². The van der Waals surface area contributed by atoms with Crippen molar-refractivity contribution in [3.63, 3.8) is 0 Å². The van der Waals surface area contributed by atoms with Gasteiger partial charge in [0.05, 0.1) is 17.2 Å². The van der Waals surface area contributed by atoms with Gasteiger partial charge in [-0.3, -0.25) is 9.59 Å². The molecule has 0 spiro atoms. The number of rotatable bonds is 12. The summed E-state index contributed by atoms with van der Waals surface area (Å²) in [5.74, 6) is -0.0367. The van der Waals surface area contributed by atoms with Crippen molar-refractivity contribution in [2.75, 3.05) is 13.2 Å². The van der Waals surface area contributed by atoms with Crippen LogP contribution in [0.5, 0.6) is 11.5 Å². The summed E-state index contributed by atoms with van der Waals surface area (Å²) in [6, 6.07) is 13.5. The first kappa shape index (κ1) is 29.0. The number of ether oxygens (including phenoxy) is 4. The highest BCUT2D eigenvalue weighted by Crippen LogP contribution is 2.43. The van der Waals surface area contributed by atoms with E-state index in [4.69, 9.17) is 18.9 Å². The van der Waals surface area contributed by atoms with E-state index in [2.05, 4.69) is 0 Å². The third-order valence-corrected chi connectivity index (χ3v) is 8.47. The molecule has 0 saturated carbocycles. The summed E-state index contributed by atoms with van der Waals surface area (Å²) in [4.78, 5) is 49.8. The molecule has 0 N–H and O–H groups in total. The van der Waals surface area contributed by atoms with Gasteiger partial charge < -0.3 is 18.9 Å². The number of esters is 2. The number of carbonyl (C=O) groups excluding carboxylic acids is 4. The molecular formula is C30H28O8S2. The van der Waals surface area contributed by atoms with E-state index < -0.39 is 11.9 Å². The molecule has 4 rings (SSSR count). The summed E-state index contributed by atoms with van der Waals surface area (Å²) in [6.07, 6.45) is 0. The van der Waals surface area contributed by atoms with Crippen molar-refractivity contribution in [3.8, 4) is 11.5 Å². The summed E-state index contributed by atoms with van der Waals surface area (Å²) in [5.41, 5.74) is 2.27. The maximum atomic E-state index is 12.9. The van der Waals surface area contributed by atoms with Crippen LogP contribution in [0.3, 0.4) is 0 Å². The maximum Gasteiger partial charge on any atom is 0.348 e. The van der Waals surface area contributed by atoms with Crippen LogP contribution in [0, 0.1) is 0 Å². The quantitative estimate of drug-likeness (QED) is 0.132. The molecule has 0 radical (unpaired) electrons. The average Bonchev–Trinajstić information content (AvgIpc) is 3.48. The molecule has 0 amide bonds. The zero-order valence-corrected chi connectivity index (χ0v) is 24.2. The summed E-state index contributed by atoms with van der Waals surface area (Å²) in [5, 5.41) is 0.682. The summed E-state index contributed by atoms with van der Waals surface area (Å²) >= 11 is 2.46. The molecule has 8 nitrogen and oxygen atoms in total. The van der Waals surface area contributed by atoms with Gasteiger partial charge in [-0.2, -0.15) is 0 Å². The van der Waals surface area contributed by atoms with Crippen LogP contribution in [-0.2, 0) is 22.7 Å². The van der Waals surface area contributed by atoms with Gasteiger partial charge in [0, 0.05) is 27.6 Å². The van der Waals surface area contributed by atoms with Gasteiger partial charge in [0.1, 0.15) is 34.5 Å². The van der Waals surface area contributed by atoms with Crippen molar-refractivity contribution in [3.05, 3.63) is 80.5 Å². The minimum Gasteiger partial charge on any atom is -0.489 e. The smallest absolute Gasteiger partial charge is 0.348 e. The van der Waals surface area contributed by atoms with Crippen LogP contribution in [0.2, 0.25) is 0 Å². The van der Waals surface area contributed by atoms with E-state index in [1.54, 1.807) is 62.4 Å². The summed E-state index contributed by atoms with van der Waals surface area (Å²) in [6.45, 7) is 6.89. The van der Waals surface area contributed by atoms with Crippen LogP contribution >= 0.6 is 22.7 Å². The predicted octanol–water partition coefficient (Wildman–Crippen LogP) is 6.88. The number of hydrogen-bond donors (Lipinski definition) is 0. The zero-order valence-electron chi connectivity index (χ0n) is 22.5. The highest BCUT2D eigenvalue weighted by atomic mass is 32.2. The molecule has 4 aromatic rings. The van der Waals surface area contributed by atoms with E-state index in [0.29, 0.717) is 48.9 Å². The topological polar surface area (TPSA) is 105 Å². The largest absolute Gasteiger partial charge is 0.489 e. The molecule has 2 aromatic carbocycles. The number of hydrogen-bond acceptors (Lipinski definition) is 10.